The molecule has 1 aromatic heterocycles. The standard InChI is InChI=1S/C13H13N3O/c1-3-4-13(17)14-8-12-15-10-6-5-9(2)7-11(10)16-12/h5-7H,8H2,1-2H3,(H,14,17)(H,15,16). The van der Waals surface area contributed by atoms with Crippen molar-refractivity contribution in [2.45, 2.75) is 20.4 Å². The van der Waals surface area contributed by atoms with Gasteiger partial charge in [0.05, 0.1) is 17.6 Å². The third-order valence-corrected chi connectivity index (χ3v) is 2.34. The van der Waals surface area contributed by atoms with Crippen molar-refractivity contribution >= 4 is 16.9 Å². The minimum absolute atomic E-state index is 0.288. The average molecular weight is 227 g/mol. The van der Waals surface area contributed by atoms with Crippen LogP contribution in [-0.4, -0.2) is 15.9 Å². The molecule has 0 radical (unpaired) electrons. The highest BCUT2D eigenvalue weighted by Gasteiger charge is 2.03. The Labute approximate surface area is 99.4 Å². The molecule has 86 valence electrons. The molecule has 0 saturated carbocycles. The van der Waals surface area contributed by atoms with Crippen LogP contribution in [-0.2, 0) is 11.3 Å². The van der Waals surface area contributed by atoms with Crippen molar-refractivity contribution in [2.75, 3.05) is 0 Å². The number of hydrogen-bond acceptors (Lipinski definition) is 2. The number of nitrogens with zero attached hydrogens (tertiary/aromatic N) is 1. The Balaban J connectivity index is 2.13. The van der Waals surface area contributed by atoms with Gasteiger partial charge in [-0.05, 0) is 37.5 Å². The van der Waals surface area contributed by atoms with E-state index in [-0.39, 0.29) is 5.91 Å². The molecule has 4 nitrogen and oxygen atoms in total. The van der Waals surface area contributed by atoms with E-state index < -0.39 is 0 Å². The summed E-state index contributed by atoms with van der Waals surface area (Å²) in [5.41, 5.74) is 3.06. The summed E-state index contributed by atoms with van der Waals surface area (Å²) in [5.74, 6) is 5.41. The summed E-state index contributed by atoms with van der Waals surface area (Å²) in [6.45, 7) is 4.02. The first kappa shape index (κ1) is 11.2. The van der Waals surface area contributed by atoms with E-state index in [0.717, 1.165) is 16.9 Å². The topological polar surface area (TPSA) is 57.8 Å². The normalized spacial score (nSPS) is 9.76. The van der Waals surface area contributed by atoms with Gasteiger partial charge in [-0.2, -0.15) is 0 Å². The zero-order chi connectivity index (χ0) is 12.3. The van der Waals surface area contributed by atoms with Gasteiger partial charge >= 0.3 is 0 Å². The lowest BCUT2D eigenvalue weighted by molar-refractivity contribution is -0.115. The molecule has 0 aliphatic carbocycles. The summed E-state index contributed by atoms with van der Waals surface area (Å²) in [7, 11) is 0. The quantitative estimate of drug-likeness (QED) is 0.764. The molecule has 0 aliphatic rings. The largest absolute Gasteiger partial charge is 0.340 e. The Hall–Kier alpha value is -2.28. The van der Waals surface area contributed by atoms with Crippen LogP contribution in [0.2, 0.25) is 0 Å². The SMILES string of the molecule is CC#CC(=O)NCc1nc2ccc(C)cc2[nH]1. The van der Waals surface area contributed by atoms with Crippen molar-refractivity contribution in [2.24, 2.45) is 0 Å². The minimum Gasteiger partial charge on any atom is -0.340 e. The molecule has 2 rings (SSSR count). The molecular weight excluding hydrogens is 214 g/mol. The van der Waals surface area contributed by atoms with Crippen LogP contribution in [0.1, 0.15) is 18.3 Å². The van der Waals surface area contributed by atoms with Crippen LogP contribution >= 0.6 is 0 Å². The van der Waals surface area contributed by atoms with Crippen molar-refractivity contribution in [3.8, 4) is 11.8 Å². The smallest absolute Gasteiger partial charge is 0.296 e. The number of benzene rings is 1. The number of rotatable bonds is 2. The molecule has 2 N–H and O–H groups in total. The number of aryl methyl sites for hydroxylation is 1. The van der Waals surface area contributed by atoms with E-state index in [1.165, 1.54) is 5.56 Å². The van der Waals surface area contributed by atoms with Crippen LogP contribution in [0, 0.1) is 18.8 Å². The van der Waals surface area contributed by atoms with Crippen LogP contribution in [0.15, 0.2) is 18.2 Å². The van der Waals surface area contributed by atoms with E-state index in [0.29, 0.717) is 6.54 Å². The lowest BCUT2D eigenvalue weighted by atomic mass is 10.2. The zero-order valence-electron chi connectivity index (χ0n) is 9.79. The summed E-state index contributed by atoms with van der Waals surface area (Å²) >= 11 is 0. The maximum Gasteiger partial charge on any atom is 0.296 e. The van der Waals surface area contributed by atoms with Gasteiger partial charge in [-0.3, -0.25) is 4.79 Å². The van der Waals surface area contributed by atoms with Crippen molar-refractivity contribution < 1.29 is 4.79 Å². The predicted molar refractivity (Wildman–Crippen MR) is 66.1 cm³/mol. The van der Waals surface area contributed by atoms with Gasteiger partial charge in [-0.1, -0.05) is 12.0 Å². The first-order chi connectivity index (χ1) is 8.19. The number of aromatic nitrogens is 2. The van der Waals surface area contributed by atoms with Crippen LogP contribution in [0.5, 0.6) is 0 Å². The monoisotopic (exact) mass is 227 g/mol. The van der Waals surface area contributed by atoms with E-state index in [9.17, 15) is 4.79 Å². The summed E-state index contributed by atoms with van der Waals surface area (Å²) in [6, 6.07) is 5.99. The Bertz CT molecular complexity index is 616. The number of amides is 1. The highest BCUT2D eigenvalue weighted by Crippen LogP contribution is 2.12. The third kappa shape index (κ3) is 2.64. The number of carbonyl (C=O) groups excluding carboxylic acids is 1. The van der Waals surface area contributed by atoms with Gasteiger partial charge in [0.15, 0.2) is 0 Å². The maximum atomic E-state index is 11.2. The number of aromatic amines is 1. The van der Waals surface area contributed by atoms with Crippen molar-refractivity contribution in [1.82, 2.24) is 15.3 Å². The molecule has 0 aliphatic heterocycles. The molecule has 17 heavy (non-hydrogen) atoms. The van der Waals surface area contributed by atoms with Gasteiger partial charge in [0.1, 0.15) is 5.82 Å². The van der Waals surface area contributed by atoms with Crippen molar-refractivity contribution in [3.63, 3.8) is 0 Å². The number of hydrogen-bond donors (Lipinski definition) is 2. The molecule has 0 fully saturated rings. The Morgan fingerprint density at radius 3 is 3.12 bits per heavy atom. The molecule has 4 heteroatoms. The predicted octanol–water partition coefficient (Wildman–Crippen LogP) is 1.51. The molecule has 0 unspecified atom stereocenters. The minimum atomic E-state index is -0.288. The Morgan fingerprint density at radius 1 is 1.53 bits per heavy atom. The van der Waals surface area contributed by atoms with E-state index >= 15 is 0 Å². The molecule has 1 heterocycles. The fourth-order valence-electron chi connectivity index (χ4n) is 1.58. The number of carbonyl (C=O) groups is 1. The highest BCUT2D eigenvalue weighted by molar-refractivity contribution is 5.93. The second kappa shape index (κ2) is 4.71. The van der Waals surface area contributed by atoms with Gasteiger partial charge in [-0.15, -0.1) is 0 Å². The molecule has 0 saturated heterocycles. The maximum absolute atomic E-state index is 11.2. The average Bonchev–Trinajstić information content (AvgIpc) is 2.68. The fourth-order valence-corrected chi connectivity index (χ4v) is 1.58. The van der Waals surface area contributed by atoms with E-state index in [4.69, 9.17) is 0 Å². The van der Waals surface area contributed by atoms with E-state index in [1.807, 2.05) is 25.1 Å². The molecule has 0 bridgehead atoms. The number of imidazole rings is 1. The highest BCUT2D eigenvalue weighted by atomic mass is 16.1. The van der Waals surface area contributed by atoms with Gasteiger partial charge in [0.2, 0.25) is 0 Å². The Kier molecular flexibility index (Phi) is 3.10. The van der Waals surface area contributed by atoms with Crippen molar-refractivity contribution in [1.29, 1.82) is 0 Å². The second-order valence-electron chi connectivity index (χ2n) is 3.76. The van der Waals surface area contributed by atoms with Crippen LogP contribution in [0.3, 0.4) is 0 Å². The first-order valence-electron chi connectivity index (χ1n) is 5.35. The van der Waals surface area contributed by atoms with Crippen LogP contribution < -0.4 is 5.32 Å². The first-order valence-corrected chi connectivity index (χ1v) is 5.35. The summed E-state index contributed by atoms with van der Waals surface area (Å²) in [4.78, 5) is 18.7. The lowest BCUT2D eigenvalue weighted by Gasteiger charge is -1.95. The summed E-state index contributed by atoms with van der Waals surface area (Å²) in [5, 5.41) is 2.67. The number of fused-ring (bicyclic) bond motifs is 1. The lowest BCUT2D eigenvalue weighted by Crippen LogP contribution is -2.21. The summed E-state index contributed by atoms with van der Waals surface area (Å²) < 4.78 is 0. The van der Waals surface area contributed by atoms with Gasteiger partial charge in [-0.25, -0.2) is 4.98 Å². The van der Waals surface area contributed by atoms with E-state index in [2.05, 4.69) is 27.1 Å². The van der Waals surface area contributed by atoms with Crippen molar-refractivity contribution in [3.05, 3.63) is 29.6 Å². The summed E-state index contributed by atoms with van der Waals surface area (Å²) in [6.07, 6.45) is 0. The van der Waals surface area contributed by atoms with Crippen LogP contribution in [0.25, 0.3) is 11.0 Å². The third-order valence-electron chi connectivity index (χ3n) is 2.34. The molecule has 0 atom stereocenters. The van der Waals surface area contributed by atoms with E-state index in [1.54, 1.807) is 6.92 Å². The van der Waals surface area contributed by atoms with Gasteiger partial charge < -0.3 is 10.3 Å². The molecule has 0 spiro atoms. The molecule has 2 aromatic rings. The molecule has 1 aromatic carbocycles. The zero-order valence-corrected chi connectivity index (χ0v) is 9.79. The Morgan fingerprint density at radius 2 is 2.35 bits per heavy atom. The molecule has 1 amide bonds. The van der Waals surface area contributed by atoms with Gasteiger partial charge in [0.25, 0.3) is 5.91 Å². The van der Waals surface area contributed by atoms with Crippen LogP contribution in [0.4, 0.5) is 0 Å². The second-order valence-corrected chi connectivity index (χ2v) is 3.76. The fraction of sp³-hybridized carbons (Fsp3) is 0.231. The molecular formula is C13H13N3O. The number of nitrogens with one attached hydrogen (secondary N) is 2. The number of H-pyrrole nitrogens is 1. The van der Waals surface area contributed by atoms with Gasteiger partial charge in [0, 0.05) is 0 Å².